The number of oxazole rings is 1. The van der Waals surface area contributed by atoms with E-state index in [4.69, 9.17) is 24.4 Å². The summed E-state index contributed by atoms with van der Waals surface area (Å²) in [6.07, 6.45) is 15.9. The molecule has 0 aliphatic heterocycles. The summed E-state index contributed by atoms with van der Waals surface area (Å²) < 4.78 is 6.58. The van der Waals surface area contributed by atoms with Crippen molar-refractivity contribution in [2.45, 2.75) is 33.1 Å². The van der Waals surface area contributed by atoms with E-state index in [1.807, 2.05) is 30.3 Å². The predicted octanol–water partition coefficient (Wildman–Crippen LogP) is 11.1. The van der Waals surface area contributed by atoms with Gasteiger partial charge < -0.3 is 4.42 Å². The average Bonchev–Trinajstić information content (AvgIpc) is 3.36. The molecule has 2 aromatic heterocycles. The molecule has 2 aliphatic carbocycles. The molecule has 0 atom stereocenters. The third-order valence-electron chi connectivity index (χ3n) is 10.7. The van der Waals surface area contributed by atoms with E-state index in [-0.39, 0.29) is 5.41 Å². The SMILES string of the molecule is CC1(C)C=C(c2nc(C3=CC=CCCC3)nc(-c3ccccc3)n2)C=c2nc(-c3cccc(-c4ccc5c6ccccc6c6ccccc6c5c4)c3)oc2=C1. The van der Waals surface area contributed by atoms with Crippen LogP contribution in [0.3, 0.4) is 0 Å². The lowest BCUT2D eigenvalue weighted by atomic mass is 9.91. The molecular weight excluding hydrogens is 673 g/mol. The molecular formula is C50H38N4O. The maximum absolute atomic E-state index is 6.58. The molecule has 0 spiro atoms. The topological polar surface area (TPSA) is 64.7 Å². The van der Waals surface area contributed by atoms with Crippen molar-refractivity contribution < 1.29 is 4.42 Å². The molecule has 0 saturated carbocycles. The zero-order chi connectivity index (χ0) is 36.9. The highest BCUT2D eigenvalue weighted by Crippen LogP contribution is 2.38. The minimum absolute atomic E-state index is 0.363. The maximum atomic E-state index is 6.58. The lowest BCUT2D eigenvalue weighted by Crippen LogP contribution is -2.23. The normalized spacial score (nSPS) is 15.1. The Balaban J connectivity index is 1.07. The summed E-state index contributed by atoms with van der Waals surface area (Å²) in [5.74, 6) is 2.56. The molecule has 0 N–H and O–H groups in total. The van der Waals surface area contributed by atoms with Crippen LogP contribution in [0.5, 0.6) is 0 Å². The van der Waals surface area contributed by atoms with Crippen molar-refractivity contribution in [2.24, 2.45) is 5.41 Å². The third-order valence-corrected chi connectivity index (χ3v) is 10.7. The van der Waals surface area contributed by atoms with Gasteiger partial charge >= 0.3 is 0 Å². The Hall–Kier alpha value is -6.72. The molecule has 5 nitrogen and oxygen atoms in total. The van der Waals surface area contributed by atoms with Crippen molar-refractivity contribution in [2.75, 3.05) is 0 Å². The lowest BCUT2D eigenvalue weighted by molar-refractivity contribution is 0.529. The van der Waals surface area contributed by atoms with Gasteiger partial charge in [-0.25, -0.2) is 19.9 Å². The van der Waals surface area contributed by atoms with Crippen LogP contribution in [-0.4, -0.2) is 19.9 Å². The van der Waals surface area contributed by atoms with Gasteiger partial charge in [0, 0.05) is 22.1 Å². The van der Waals surface area contributed by atoms with Crippen LogP contribution in [0.1, 0.15) is 44.8 Å². The number of allylic oxidation sites excluding steroid dienone is 6. The minimum Gasteiger partial charge on any atom is -0.436 e. The van der Waals surface area contributed by atoms with E-state index in [1.165, 1.54) is 32.3 Å². The second-order valence-corrected chi connectivity index (χ2v) is 15.1. The molecule has 0 saturated heterocycles. The molecule has 2 heterocycles. The number of rotatable bonds is 5. The van der Waals surface area contributed by atoms with E-state index in [0.29, 0.717) is 23.4 Å². The highest BCUT2D eigenvalue weighted by molar-refractivity contribution is 6.25. The van der Waals surface area contributed by atoms with Gasteiger partial charge in [-0.1, -0.05) is 141 Å². The second kappa shape index (κ2) is 13.3. The smallest absolute Gasteiger partial charge is 0.227 e. The van der Waals surface area contributed by atoms with Gasteiger partial charge in [0.15, 0.2) is 22.9 Å². The number of hydrogen-bond acceptors (Lipinski definition) is 5. The predicted molar refractivity (Wildman–Crippen MR) is 226 cm³/mol. The number of fused-ring (bicyclic) bond motifs is 7. The van der Waals surface area contributed by atoms with Crippen LogP contribution < -0.4 is 10.8 Å². The number of aromatic nitrogens is 4. The molecule has 5 heteroatoms. The van der Waals surface area contributed by atoms with Crippen LogP contribution in [0.25, 0.3) is 89.6 Å². The monoisotopic (exact) mass is 710 g/mol. The first-order valence-corrected chi connectivity index (χ1v) is 19.0. The first-order valence-electron chi connectivity index (χ1n) is 19.0. The Bertz CT molecular complexity index is 3000. The highest BCUT2D eigenvalue weighted by atomic mass is 16.3. The summed E-state index contributed by atoms with van der Waals surface area (Å²) in [6, 6.07) is 42.8. The van der Waals surface area contributed by atoms with Gasteiger partial charge in [0.1, 0.15) is 5.35 Å². The molecule has 10 rings (SSSR count). The van der Waals surface area contributed by atoms with Gasteiger partial charge in [0.05, 0.1) is 0 Å². The summed E-state index contributed by atoms with van der Waals surface area (Å²) in [5.41, 5.74) is 6.49. The summed E-state index contributed by atoms with van der Waals surface area (Å²) in [5, 5.41) is 8.32. The first kappa shape index (κ1) is 32.9. The van der Waals surface area contributed by atoms with E-state index in [2.05, 4.69) is 141 Å². The standard InChI is InChI=1S/C50H38N4O/c1-50(2)30-37(48-53-46(32-15-6-3-4-7-16-32)52-47(54-48)33-17-8-5-9-18-33)29-44-45(31-50)55-49(51-44)36-20-14-19-34(27-36)35-25-26-42-40-23-11-10-21-38(40)39-22-12-13-24-41(39)43(42)28-35/h3,5-6,8-15,17-31H,4,7,16H2,1-2H3. The van der Waals surface area contributed by atoms with E-state index in [9.17, 15) is 0 Å². The van der Waals surface area contributed by atoms with Crippen LogP contribution in [0.2, 0.25) is 0 Å². The van der Waals surface area contributed by atoms with Gasteiger partial charge in [0.2, 0.25) is 5.89 Å². The van der Waals surface area contributed by atoms with Gasteiger partial charge in [-0.2, -0.15) is 0 Å². The Morgan fingerprint density at radius 2 is 1.18 bits per heavy atom. The van der Waals surface area contributed by atoms with Gasteiger partial charge in [0.25, 0.3) is 0 Å². The summed E-state index contributed by atoms with van der Waals surface area (Å²) in [4.78, 5) is 20.2. The van der Waals surface area contributed by atoms with Crippen molar-refractivity contribution in [3.05, 3.63) is 168 Å². The number of nitrogens with zero attached hydrogens (tertiary/aromatic N) is 4. The lowest BCUT2D eigenvalue weighted by Gasteiger charge is -2.15. The van der Waals surface area contributed by atoms with E-state index in [0.717, 1.165) is 63.4 Å². The molecule has 0 fully saturated rings. The largest absolute Gasteiger partial charge is 0.436 e. The molecule has 0 unspecified atom stereocenters. The van der Waals surface area contributed by atoms with E-state index >= 15 is 0 Å². The fourth-order valence-corrected chi connectivity index (χ4v) is 8.02. The highest BCUT2D eigenvalue weighted by Gasteiger charge is 2.22. The molecule has 55 heavy (non-hydrogen) atoms. The zero-order valence-electron chi connectivity index (χ0n) is 30.8. The average molecular weight is 711 g/mol. The third kappa shape index (κ3) is 6.18. The molecule has 264 valence electrons. The Labute approximate surface area is 319 Å². The van der Waals surface area contributed by atoms with Crippen molar-refractivity contribution in [3.63, 3.8) is 0 Å². The van der Waals surface area contributed by atoms with Crippen LogP contribution >= 0.6 is 0 Å². The van der Waals surface area contributed by atoms with Crippen molar-refractivity contribution in [3.8, 4) is 34.0 Å². The molecule has 0 radical (unpaired) electrons. The summed E-state index contributed by atoms with van der Waals surface area (Å²) in [7, 11) is 0. The molecule has 8 aromatic rings. The van der Waals surface area contributed by atoms with Crippen molar-refractivity contribution in [1.29, 1.82) is 0 Å². The summed E-state index contributed by atoms with van der Waals surface area (Å²) in [6.45, 7) is 4.34. The molecule has 0 bridgehead atoms. The zero-order valence-corrected chi connectivity index (χ0v) is 30.8. The maximum Gasteiger partial charge on any atom is 0.227 e. The Morgan fingerprint density at radius 3 is 1.96 bits per heavy atom. The molecule has 6 aromatic carbocycles. The second-order valence-electron chi connectivity index (χ2n) is 15.1. The first-order chi connectivity index (χ1) is 27.0. The van der Waals surface area contributed by atoms with Gasteiger partial charge in [-0.15, -0.1) is 0 Å². The van der Waals surface area contributed by atoms with Crippen LogP contribution in [0, 0.1) is 5.41 Å². The van der Waals surface area contributed by atoms with Crippen LogP contribution in [0.4, 0.5) is 0 Å². The summed E-state index contributed by atoms with van der Waals surface area (Å²) >= 11 is 0. The fourth-order valence-electron chi connectivity index (χ4n) is 8.02. The Morgan fingerprint density at radius 1 is 0.545 bits per heavy atom. The number of hydrogen-bond donors (Lipinski definition) is 0. The molecule has 2 aliphatic rings. The van der Waals surface area contributed by atoms with Crippen molar-refractivity contribution >= 4 is 55.6 Å². The van der Waals surface area contributed by atoms with Gasteiger partial charge in [-0.3, -0.25) is 0 Å². The Kier molecular flexibility index (Phi) is 7.95. The fraction of sp³-hybridized carbons (Fsp3) is 0.120. The van der Waals surface area contributed by atoms with Gasteiger partial charge in [-0.05, 0) is 98.6 Å². The minimum atomic E-state index is -0.363. The van der Waals surface area contributed by atoms with E-state index in [1.54, 1.807) is 0 Å². The molecule has 0 amide bonds. The van der Waals surface area contributed by atoms with E-state index < -0.39 is 0 Å². The number of benzene rings is 6. The van der Waals surface area contributed by atoms with Crippen molar-refractivity contribution in [1.82, 2.24) is 19.9 Å². The van der Waals surface area contributed by atoms with Crippen LogP contribution in [0.15, 0.2) is 150 Å². The van der Waals surface area contributed by atoms with Crippen LogP contribution in [-0.2, 0) is 0 Å². The quantitative estimate of drug-likeness (QED) is 0.166.